The van der Waals surface area contributed by atoms with Gasteiger partial charge in [0.05, 0.1) is 5.75 Å². The molecule has 0 atom stereocenters. The molecular weight excluding hydrogens is 542 g/mol. The van der Waals surface area contributed by atoms with Crippen molar-refractivity contribution in [3.05, 3.63) is 131 Å². The smallest absolute Gasteiger partial charge is 0.272 e. The lowest BCUT2D eigenvalue weighted by Crippen LogP contribution is -2.30. The zero-order chi connectivity index (χ0) is 30.1. The lowest BCUT2D eigenvalue weighted by Gasteiger charge is -2.12. The number of benzene rings is 4. The highest BCUT2D eigenvalue weighted by atomic mass is 32.2. The van der Waals surface area contributed by atoms with Crippen molar-refractivity contribution >= 4 is 46.9 Å². The van der Waals surface area contributed by atoms with Crippen LogP contribution in [0.3, 0.4) is 0 Å². The van der Waals surface area contributed by atoms with Crippen molar-refractivity contribution in [3.8, 4) is 0 Å². The van der Waals surface area contributed by atoms with Gasteiger partial charge < -0.3 is 16.0 Å². The van der Waals surface area contributed by atoms with E-state index in [1.54, 1.807) is 42.5 Å². The number of hydrogen-bond donors (Lipinski definition) is 3. The van der Waals surface area contributed by atoms with Crippen LogP contribution in [0.1, 0.15) is 52.4 Å². The summed E-state index contributed by atoms with van der Waals surface area (Å²) in [6.07, 6.45) is 1.67. The van der Waals surface area contributed by atoms with Gasteiger partial charge in [-0.1, -0.05) is 62.4 Å². The van der Waals surface area contributed by atoms with E-state index in [1.807, 2.05) is 74.5 Å². The topological polar surface area (TPSA) is 87.3 Å². The maximum atomic E-state index is 13.3. The number of thioether (sulfide) groups is 1. The predicted octanol–water partition coefficient (Wildman–Crippen LogP) is 7.57. The number of anilines is 2. The second kappa shape index (κ2) is 14.3. The Labute approximate surface area is 251 Å². The number of nitrogens with one attached hydrogen (secondary N) is 3. The molecule has 0 unspecified atom stereocenters. The monoisotopic (exact) mass is 577 g/mol. The first-order valence-electron chi connectivity index (χ1n) is 13.8. The molecule has 0 saturated carbocycles. The van der Waals surface area contributed by atoms with E-state index >= 15 is 0 Å². The van der Waals surface area contributed by atoms with E-state index in [2.05, 4.69) is 29.8 Å². The molecule has 0 aromatic heterocycles. The van der Waals surface area contributed by atoms with Gasteiger partial charge in [-0.25, -0.2) is 0 Å². The third-order valence-corrected chi connectivity index (χ3v) is 7.73. The van der Waals surface area contributed by atoms with Crippen molar-refractivity contribution in [1.82, 2.24) is 5.32 Å². The van der Waals surface area contributed by atoms with Crippen molar-refractivity contribution in [1.29, 1.82) is 0 Å². The fourth-order valence-corrected chi connectivity index (χ4v) is 4.78. The van der Waals surface area contributed by atoms with Gasteiger partial charge in [-0.15, -0.1) is 11.8 Å². The van der Waals surface area contributed by atoms with Crippen LogP contribution in [0.5, 0.6) is 0 Å². The number of hydrogen-bond acceptors (Lipinski definition) is 4. The van der Waals surface area contributed by atoms with Crippen LogP contribution in [-0.4, -0.2) is 23.5 Å². The quantitative estimate of drug-likeness (QED) is 0.134. The van der Waals surface area contributed by atoms with Crippen molar-refractivity contribution in [2.24, 2.45) is 0 Å². The van der Waals surface area contributed by atoms with Gasteiger partial charge >= 0.3 is 0 Å². The summed E-state index contributed by atoms with van der Waals surface area (Å²) in [5.41, 5.74) is 6.21. The summed E-state index contributed by atoms with van der Waals surface area (Å²) in [5.74, 6) is -0.267. The van der Waals surface area contributed by atoms with Crippen LogP contribution < -0.4 is 16.0 Å². The standard InChI is InChI=1S/C35H35N3O3S/c1-23(2)27-13-11-26(12-14-27)21-32(38-34(40)28-8-6-5-7-9-28)35(41)37-29-16-18-31(19-17-29)42-22-33(39)36-30-15-10-24(3)25(4)20-30/h5-21,23H,22H2,1-4H3,(H,36,39)(H,37,41)(H,38,40)/b32-21-. The largest absolute Gasteiger partial charge is 0.325 e. The number of rotatable bonds is 10. The Morgan fingerprint density at radius 1 is 0.762 bits per heavy atom. The number of aryl methyl sites for hydroxylation is 2. The van der Waals surface area contributed by atoms with Gasteiger partial charge in [-0.3, -0.25) is 14.4 Å². The molecule has 0 spiro atoms. The summed E-state index contributed by atoms with van der Waals surface area (Å²) < 4.78 is 0. The Hall–Kier alpha value is -4.62. The normalized spacial score (nSPS) is 11.2. The molecule has 3 amide bonds. The highest BCUT2D eigenvalue weighted by Gasteiger charge is 2.15. The minimum absolute atomic E-state index is 0.0917. The minimum atomic E-state index is -0.444. The first-order chi connectivity index (χ1) is 20.2. The second-order valence-corrected chi connectivity index (χ2v) is 11.4. The molecule has 0 saturated heterocycles. The SMILES string of the molecule is Cc1ccc(NC(=O)CSc2ccc(NC(=O)/C(=C/c3ccc(C(C)C)cc3)NC(=O)c3ccccc3)cc2)cc1C. The Bertz CT molecular complexity index is 1580. The average Bonchev–Trinajstić information content (AvgIpc) is 2.99. The molecule has 0 aliphatic carbocycles. The molecule has 42 heavy (non-hydrogen) atoms. The lowest BCUT2D eigenvalue weighted by atomic mass is 10.0. The molecule has 0 aliphatic rings. The second-order valence-electron chi connectivity index (χ2n) is 10.3. The summed E-state index contributed by atoms with van der Waals surface area (Å²) in [6.45, 7) is 8.29. The van der Waals surface area contributed by atoms with E-state index in [9.17, 15) is 14.4 Å². The zero-order valence-electron chi connectivity index (χ0n) is 24.2. The zero-order valence-corrected chi connectivity index (χ0v) is 25.0. The molecule has 3 N–H and O–H groups in total. The van der Waals surface area contributed by atoms with Crippen molar-refractivity contribution < 1.29 is 14.4 Å². The van der Waals surface area contributed by atoms with E-state index in [0.717, 1.165) is 21.7 Å². The third-order valence-electron chi connectivity index (χ3n) is 6.72. The van der Waals surface area contributed by atoms with Crippen LogP contribution in [0.2, 0.25) is 0 Å². The lowest BCUT2D eigenvalue weighted by molar-refractivity contribution is -0.114. The Morgan fingerprint density at radius 3 is 2.07 bits per heavy atom. The summed E-state index contributed by atoms with van der Waals surface area (Å²) in [4.78, 5) is 39.5. The van der Waals surface area contributed by atoms with Crippen LogP contribution in [0.15, 0.2) is 108 Å². The van der Waals surface area contributed by atoms with Crippen LogP contribution in [0.4, 0.5) is 11.4 Å². The molecular formula is C35H35N3O3S. The summed E-state index contributed by atoms with van der Waals surface area (Å²) in [7, 11) is 0. The van der Waals surface area contributed by atoms with Gasteiger partial charge in [-0.2, -0.15) is 0 Å². The molecule has 0 aliphatic heterocycles. The predicted molar refractivity (Wildman–Crippen MR) is 173 cm³/mol. The highest BCUT2D eigenvalue weighted by molar-refractivity contribution is 8.00. The number of carbonyl (C=O) groups is 3. The molecule has 0 fully saturated rings. The van der Waals surface area contributed by atoms with Gasteiger partial charge in [0.25, 0.3) is 11.8 Å². The maximum absolute atomic E-state index is 13.3. The Balaban J connectivity index is 1.41. The molecule has 4 aromatic rings. The molecule has 7 heteroatoms. The molecule has 0 heterocycles. The third kappa shape index (κ3) is 8.69. The van der Waals surface area contributed by atoms with Crippen molar-refractivity contribution in [3.63, 3.8) is 0 Å². The van der Waals surface area contributed by atoms with E-state index in [1.165, 1.54) is 22.9 Å². The van der Waals surface area contributed by atoms with Crippen molar-refractivity contribution in [2.75, 3.05) is 16.4 Å². The number of carbonyl (C=O) groups excluding carboxylic acids is 3. The van der Waals surface area contributed by atoms with Crippen LogP contribution in [0.25, 0.3) is 6.08 Å². The fourth-order valence-electron chi connectivity index (χ4n) is 4.08. The first kappa shape index (κ1) is 30.3. The van der Waals surface area contributed by atoms with Crippen LogP contribution in [-0.2, 0) is 9.59 Å². The molecule has 4 aromatic carbocycles. The molecule has 4 rings (SSSR count). The Morgan fingerprint density at radius 2 is 1.43 bits per heavy atom. The van der Waals surface area contributed by atoms with E-state index in [-0.39, 0.29) is 23.3 Å². The van der Waals surface area contributed by atoms with E-state index < -0.39 is 5.91 Å². The van der Waals surface area contributed by atoms with Gasteiger partial charge in [0.1, 0.15) is 5.70 Å². The average molecular weight is 578 g/mol. The Kier molecular flexibility index (Phi) is 10.3. The van der Waals surface area contributed by atoms with Gasteiger partial charge in [-0.05, 0) is 96.6 Å². The summed E-state index contributed by atoms with van der Waals surface area (Å²) in [5, 5.41) is 8.57. The van der Waals surface area contributed by atoms with Gasteiger partial charge in [0.2, 0.25) is 5.91 Å². The van der Waals surface area contributed by atoms with Gasteiger partial charge in [0, 0.05) is 21.8 Å². The van der Waals surface area contributed by atoms with Gasteiger partial charge in [0.15, 0.2) is 0 Å². The molecule has 0 radical (unpaired) electrons. The van der Waals surface area contributed by atoms with Crippen molar-refractivity contribution in [2.45, 2.75) is 38.5 Å². The summed E-state index contributed by atoms with van der Waals surface area (Å²) >= 11 is 1.41. The molecule has 0 bridgehead atoms. The first-order valence-corrected chi connectivity index (χ1v) is 14.8. The van der Waals surface area contributed by atoms with Crippen LogP contribution >= 0.6 is 11.8 Å². The molecule has 214 valence electrons. The fraction of sp³-hybridized carbons (Fsp3) is 0.171. The highest BCUT2D eigenvalue weighted by Crippen LogP contribution is 2.22. The number of amides is 3. The van der Waals surface area contributed by atoms with E-state index in [4.69, 9.17) is 0 Å². The van der Waals surface area contributed by atoms with E-state index in [0.29, 0.717) is 17.2 Å². The van der Waals surface area contributed by atoms with Crippen LogP contribution in [0, 0.1) is 13.8 Å². The minimum Gasteiger partial charge on any atom is -0.325 e. The summed E-state index contributed by atoms with van der Waals surface area (Å²) in [6, 6.07) is 29.7. The maximum Gasteiger partial charge on any atom is 0.272 e. The molecule has 6 nitrogen and oxygen atoms in total.